The van der Waals surface area contributed by atoms with Crippen LogP contribution in [0.15, 0.2) is 18.5 Å². The lowest BCUT2D eigenvalue weighted by Crippen LogP contribution is -2.47. The molecule has 2 aliphatic rings. The smallest absolute Gasteiger partial charge is 0.167 e. The van der Waals surface area contributed by atoms with Gasteiger partial charge in [0.05, 0.1) is 24.6 Å². The van der Waals surface area contributed by atoms with Gasteiger partial charge >= 0.3 is 0 Å². The lowest BCUT2D eigenvalue weighted by Gasteiger charge is -2.37. The standard InChI is InChI=1S/C19H25FN6O/c1-14-11-16(19(20)15(2)23-14)24-3-5-25(6-4-24)17-12-18(22-13-21-17)26-7-9-27-10-8-26/h11-13H,3-10H2,1-2H3. The number of ether oxygens (including phenoxy) is 1. The van der Waals surface area contributed by atoms with Crippen molar-refractivity contribution >= 4 is 17.3 Å². The van der Waals surface area contributed by atoms with Crippen LogP contribution in [0.2, 0.25) is 0 Å². The van der Waals surface area contributed by atoms with Crippen LogP contribution in [-0.2, 0) is 4.74 Å². The lowest BCUT2D eigenvalue weighted by molar-refractivity contribution is 0.122. The van der Waals surface area contributed by atoms with E-state index in [0.717, 1.165) is 69.8 Å². The minimum Gasteiger partial charge on any atom is -0.378 e. The average Bonchev–Trinajstić information content (AvgIpc) is 2.71. The molecule has 144 valence electrons. The summed E-state index contributed by atoms with van der Waals surface area (Å²) in [7, 11) is 0. The number of aryl methyl sites for hydroxylation is 2. The molecule has 2 aromatic heterocycles. The van der Waals surface area contributed by atoms with Crippen LogP contribution < -0.4 is 14.7 Å². The van der Waals surface area contributed by atoms with Crippen molar-refractivity contribution in [1.29, 1.82) is 0 Å². The van der Waals surface area contributed by atoms with Crippen LogP contribution in [0.5, 0.6) is 0 Å². The molecule has 27 heavy (non-hydrogen) atoms. The maximum absolute atomic E-state index is 14.5. The highest BCUT2D eigenvalue weighted by Crippen LogP contribution is 2.25. The monoisotopic (exact) mass is 372 g/mol. The van der Waals surface area contributed by atoms with Crippen molar-refractivity contribution in [2.24, 2.45) is 0 Å². The minimum atomic E-state index is -0.217. The van der Waals surface area contributed by atoms with Crippen LogP contribution in [0, 0.1) is 19.7 Å². The molecule has 8 heteroatoms. The zero-order valence-corrected chi connectivity index (χ0v) is 15.9. The fraction of sp³-hybridized carbons (Fsp3) is 0.526. The van der Waals surface area contributed by atoms with Crippen LogP contribution >= 0.6 is 0 Å². The summed E-state index contributed by atoms with van der Waals surface area (Å²) >= 11 is 0. The molecule has 2 fully saturated rings. The van der Waals surface area contributed by atoms with Gasteiger partial charge in [-0.3, -0.25) is 4.98 Å². The molecule has 0 unspecified atom stereocenters. The van der Waals surface area contributed by atoms with E-state index in [1.807, 2.05) is 19.1 Å². The molecule has 0 bridgehead atoms. The first-order valence-corrected chi connectivity index (χ1v) is 9.40. The Morgan fingerprint density at radius 1 is 0.852 bits per heavy atom. The van der Waals surface area contributed by atoms with Crippen molar-refractivity contribution in [3.05, 3.63) is 35.7 Å². The number of pyridine rings is 1. The van der Waals surface area contributed by atoms with E-state index in [9.17, 15) is 4.39 Å². The molecule has 0 amide bonds. The number of halogens is 1. The van der Waals surface area contributed by atoms with E-state index in [2.05, 4.69) is 29.7 Å². The van der Waals surface area contributed by atoms with E-state index in [0.29, 0.717) is 11.4 Å². The molecule has 0 spiro atoms. The molecule has 4 heterocycles. The summed E-state index contributed by atoms with van der Waals surface area (Å²) in [4.78, 5) is 19.6. The average molecular weight is 372 g/mol. The normalized spacial score (nSPS) is 18.1. The topological polar surface area (TPSA) is 57.6 Å². The maximum Gasteiger partial charge on any atom is 0.167 e. The quantitative estimate of drug-likeness (QED) is 0.814. The summed E-state index contributed by atoms with van der Waals surface area (Å²) in [5, 5.41) is 0. The third-order valence-corrected chi connectivity index (χ3v) is 5.15. The largest absolute Gasteiger partial charge is 0.378 e. The Labute approximate surface area is 158 Å². The molecule has 0 N–H and O–H groups in total. The van der Waals surface area contributed by atoms with Crippen LogP contribution in [0.3, 0.4) is 0 Å². The van der Waals surface area contributed by atoms with Gasteiger partial charge in [0.25, 0.3) is 0 Å². The Bertz CT molecular complexity index is 803. The van der Waals surface area contributed by atoms with Gasteiger partial charge in [0.2, 0.25) is 0 Å². The number of rotatable bonds is 3. The molecule has 4 rings (SSSR count). The second-order valence-electron chi connectivity index (χ2n) is 6.99. The molecule has 0 radical (unpaired) electrons. The van der Waals surface area contributed by atoms with Gasteiger partial charge in [-0.15, -0.1) is 0 Å². The Balaban J connectivity index is 1.45. The molecule has 2 saturated heterocycles. The molecule has 0 atom stereocenters. The fourth-order valence-corrected chi connectivity index (χ4v) is 3.67. The Hall–Kier alpha value is -2.48. The first-order chi connectivity index (χ1) is 13.1. The number of nitrogens with zero attached hydrogens (tertiary/aromatic N) is 6. The summed E-state index contributed by atoms with van der Waals surface area (Å²) in [5.41, 5.74) is 1.95. The highest BCUT2D eigenvalue weighted by Gasteiger charge is 2.23. The molecule has 7 nitrogen and oxygen atoms in total. The Morgan fingerprint density at radius 2 is 1.44 bits per heavy atom. The van der Waals surface area contributed by atoms with Crippen LogP contribution in [0.25, 0.3) is 0 Å². The first-order valence-electron chi connectivity index (χ1n) is 9.40. The van der Waals surface area contributed by atoms with E-state index < -0.39 is 0 Å². The highest BCUT2D eigenvalue weighted by atomic mass is 19.1. The predicted octanol–water partition coefficient (Wildman–Crippen LogP) is 1.79. The molecular weight excluding hydrogens is 347 g/mol. The maximum atomic E-state index is 14.5. The number of aromatic nitrogens is 3. The zero-order valence-electron chi connectivity index (χ0n) is 15.9. The molecule has 0 aromatic carbocycles. The van der Waals surface area contributed by atoms with Crippen LogP contribution in [-0.4, -0.2) is 67.4 Å². The van der Waals surface area contributed by atoms with E-state index in [1.54, 1.807) is 13.3 Å². The van der Waals surface area contributed by atoms with E-state index >= 15 is 0 Å². The van der Waals surface area contributed by atoms with Gasteiger partial charge in [0.1, 0.15) is 18.0 Å². The summed E-state index contributed by atoms with van der Waals surface area (Å²) in [6, 6.07) is 3.88. The minimum absolute atomic E-state index is 0.217. The molecular formula is C19H25FN6O. The predicted molar refractivity (Wildman–Crippen MR) is 103 cm³/mol. The summed E-state index contributed by atoms with van der Waals surface area (Å²) in [6.45, 7) is 9.86. The van der Waals surface area contributed by atoms with Gasteiger partial charge in [-0.05, 0) is 19.9 Å². The number of anilines is 3. The third kappa shape index (κ3) is 3.80. The lowest BCUT2D eigenvalue weighted by atomic mass is 10.2. The third-order valence-electron chi connectivity index (χ3n) is 5.15. The van der Waals surface area contributed by atoms with Crippen molar-refractivity contribution in [2.45, 2.75) is 13.8 Å². The van der Waals surface area contributed by atoms with Gasteiger partial charge in [-0.25, -0.2) is 14.4 Å². The van der Waals surface area contributed by atoms with Crippen molar-refractivity contribution in [1.82, 2.24) is 15.0 Å². The van der Waals surface area contributed by atoms with Gasteiger partial charge in [0, 0.05) is 51.0 Å². The summed E-state index contributed by atoms with van der Waals surface area (Å²) in [6.07, 6.45) is 1.63. The van der Waals surface area contributed by atoms with Crippen molar-refractivity contribution in [3.8, 4) is 0 Å². The zero-order chi connectivity index (χ0) is 18.8. The number of piperazine rings is 1. The fourth-order valence-electron chi connectivity index (χ4n) is 3.67. The number of morpholine rings is 1. The van der Waals surface area contributed by atoms with Crippen molar-refractivity contribution < 1.29 is 9.13 Å². The second-order valence-corrected chi connectivity index (χ2v) is 6.99. The van der Waals surface area contributed by atoms with Gasteiger partial charge in [0.15, 0.2) is 5.82 Å². The highest BCUT2D eigenvalue weighted by molar-refractivity contribution is 5.54. The van der Waals surface area contributed by atoms with Crippen LogP contribution in [0.4, 0.5) is 21.7 Å². The molecule has 2 aromatic rings. The Kier molecular flexibility index (Phi) is 5.07. The van der Waals surface area contributed by atoms with E-state index in [1.165, 1.54) is 0 Å². The molecule has 0 aliphatic carbocycles. The summed E-state index contributed by atoms with van der Waals surface area (Å²) < 4.78 is 19.9. The first kappa shape index (κ1) is 17.9. The van der Waals surface area contributed by atoms with Gasteiger partial charge in [-0.2, -0.15) is 0 Å². The Morgan fingerprint density at radius 3 is 2.11 bits per heavy atom. The van der Waals surface area contributed by atoms with Gasteiger partial charge < -0.3 is 19.4 Å². The SMILES string of the molecule is Cc1cc(N2CCN(c3cc(N4CCOCC4)ncn3)CC2)c(F)c(C)n1. The van der Waals surface area contributed by atoms with Crippen molar-refractivity contribution in [3.63, 3.8) is 0 Å². The van der Waals surface area contributed by atoms with Crippen LogP contribution in [0.1, 0.15) is 11.4 Å². The number of hydrogen-bond donors (Lipinski definition) is 0. The van der Waals surface area contributed by atoms with Gasteiger partial charge in [-0.1, -0.05) is 0 Å². The summed E-state index contributed by atoms with van der Waals surface area (Å²) in [5.74, 6) is 1.65. The molecule has 0 saturated carbocycles. The van der Waals surface area contributed by atoms with Crippen molar-refractivity contribution in [2.75, 3.05) is 67.2 Å². The molecule has 2 aliphatic heterocycles. The second kappa shape index (κ2) is 7.64. The van der Waals surface area contributed by atoms with E-state index in [4.69, 9.17) is 4.74 Å². The number of hydrogen-bond acceptors (Lipinski definition) is 7. The van der Waals surface area contributed by atoms with E-state index in [-0.39, 0.29) is 5.82 Å².